The summed E-state index contributed by atoms with van der Waals surface area (Å²) < 4.78 is 4.78. The number of hydrogen-bond donors (Lipinski definition) is 2. The highest BCUT2D eigenvalue weighted by molar-refractivity contribution is 5.81. The Labute approximate surface area is 77.8 Å². The van der Waals surface area contributed by atoms with Crippen LogP contribution in [0.15, 0.2) is 12.2 Å². The van der Waals surface area contributed by atoms with E-state index < -0.39 is 11.4 Å². The van der Waals surface area contributed by atoms with Crippen molar-refractivity contribution in [2.75, 3.05) is 19.8 Å². The predicted molar refractivity (Wildman–Crippen MR) is 48.1 cm³/mol. The minimum atomic E-state index is -0.753. The summed E-state index contributed by atoms with van der Waals surface area (Å²) in [5.41, 5.74) is -0.753. The number of rotatable bonds is 5. The molecule has 0 rings (SSSR count). The van der Waals surface area contributed by atoms with Gasteiger partial charge in [-0.15, -0.1) is 0 Å². The molecule has 2 N–H and O–H groups in total. The van der Waals surface area contributed by atoms with Crippen molar-refractivity contribution >= 4 is 5.97 Å². The van der Waals surface area contributed by atoms with Gasteiger partial charge in [0.2, 0.25) is 0 Å². The third-order valence-corrected chi connectivity index (χ3v) is 1.63. The van der Waals surface area contributed by atoms with Crippen LogP contribution in [0.3, 0.4) is 0 Å². The number of carbonyl (C=O) groups excluding carboxylic acids is 1. The van der Waals surface area contributed by atoms with E-state index in [0.717, 1.165) is 0 Å². The predicted octanol–water partition coefficient (Wildman–Crippen LogP) is 0.0966. The van der Waals surface area contributed by atoms with Gasteiger partial charge >= 0.3 is 5.97 Å². The molecule has 4 nitrogen and oxygen atoms in total. The number of aliphatic hydroxyl groups is 2. The Hall–Kier alpha value is -0.870. The molecule has 0 aromatic rings. The van der Waals surface area contributed by atoms with Crippen LogP contribution in [0.25, 0.3) is 0 Å². The van der Waals surface area contributed by atoms with Gasteiger partial charge in [-0.2, -0.15) is 0 Å². The highest BCUT2D eigenvalue weighted by Gasteiger charge is 2.24. The molecular formula is C9H16O4. The molecule has 0 unspecified atom stereocenters. The first kappa shape index (κ1) is 12.1. The topological polar surface area (TPSA) is 66.8 Å². The average molecular weight is 188 g/mol. The van der Waals surface area contributed by atoms with Crippen molar-refractivity contribution in [3.63, 3.8) is 0 Å². The van der Waals surface area contributed by atoms with E-state index in [1.807, 2.05) is 0 Å². The normalized spacial score (nSPS) is 12.0. The van der Waals surface area contributed by atoms with Gasteiger partial charge in [0.25, 0.3) is 0 Å². The largest absolute Gasteiger partial charge is 0.462 e. The lowest BCUT2D eigenvalue weighted by atomic mass is 9.95. The van der Waals surface area contributed by atoms with Gasteiger partial charge in [0.05, 0.1) is 13.2 Å². The zero-order valence-corrected chi connectivity index (χ0v) is 7.99. The van der Waals surface area contributed by atoms with Gasteiger partial charge in [-0.05, 0) is 6.92 Å². The van der Waals surface area contributed by atoms with Crippen LogP contribution in [-0.4, -0.2) is 36.0 Å². The highest BCUT2D eigenvalue weighted by Crippen LogP contribution is 2.14. The first-order chi connectivity index (χ1) is 6.08. The van der Waals surface area contributed by atoms with Gasteiger partial charge in [-0.1, -0.05) is 13.0 Å². The maximum Gasteiger partial charge on any atom is 0.330 e. The molecule has 13 heavy (non-hydrogen) atoms. The van der Waals surface area contributed by atoms with Crippen molar-refractivity contribution in [2.24, 2.45) is 5.41 Å². The van der Waals surface area contributed by atoms with Crippen LogP contribution >= 0.6 is 0 Å². The molecule has 0 aliphatic rings. The van der Waals surface area contributed by atoms with E-state index in [4.69, 9.17) is 14.9 Å². The standard InChI is InChI=1S/C9H16O4/c1-3-4-8(12)13-7-9(2,5-10)6-11/h3-4,10-11H,5-7H2,1-2H3/b4-3-. The van der Waals surface area contributed by atoms with Gasteiger partial charge < -0.3 is 14.9 Å². The molecule has 0 bridgehead atoms. The summed E-state index contributed by atoms with van der Waals surface area (Å²) in [7, 11) is 0. The summed E-state index contributed by atoms with van der Waals surface area (Å²) in [4.78, 5) is 10.8. The number of allylic oxidation sites excluding steroid dienone is 1. The Morgan fingerprint density at radius 3 is 2.38 bits per heavy atom. The molecular weight excluding hydrogens is 172 g/mol. The molecule has 0 aromatic heterocycles. The summed E-state index contributed by atoms with van der Waals surface area (Å²) in [5.74, 6) is -0.462. The summed E-state index contributed by atoms with van der Waals surface area (Å²) >= 11 is 0. The Morgan fingerprint density at radius 1 is 1.46 bits per heavy atom. The second-order valence-electron chi connectivity index (χ2n) is 3.23. The maximum atomic E-state index is 10.8. The molecule has 0 amide bonds. The molecule has 76 valence electrons. The van der Waals surface area contributed by atoms with Crippen LogP contribution < -0.4 is 0 Å². The average Bonchev–Trinajstić information content (AvgIpc) is 2.15. The lowest BCUT2D eigenvalue weighted by Gasteiger charge is -2.23. The van der Waals surface area contributed by atoms with E-state index in [2.05, 4.69) is 0 Å². The molecule has 0 saturated heterocycles. The van der Waals surface area contributed by atoms with Crippen molar-refractivity contribution in [1.29, 1.82) is 0 Å². The minimum Gasteiger partial charge on any atom is -0.462 e. The highest BCUT2D eigenvalue weighted by atomic mass is 16.5. The quantitative estimate of drug-likeness (QED) is 0.474. The third-order valence-electron chi connectivity index (χ3n) is 1.63. The molecule has 0 spiro atoms. The van der Waals surface area contributed by atoms with Gasteiger partial charge in [0.1, 0.15) is 6.61 Å². The van der Waals surface area contributed by atoms with Gasteiger partial charge in [0.15, 0.2) is 0 Å². The Bertz CT molecular complexity index is 182. The van der Waals surface area contributed by atoms with E-state index >= 15 is 0 Å². The molecule has 0 aliphatic carbocycles. The molecule has 0 aromatic carbocycles. The van der Waals surface area contributed by atoms with Crippen LogP contribution in [0, 0.1) is 5.41 Å². The molecule has 0 saturated carbocycles. The number of aliphatic hydroxyl groups excluding tert-OH is 2. The monoisotopic (exact) mass is 188 g/mol. The van der Waals surface area contributed by atoms with Crippen molar-refractivity contribution < 1.29 is 19.7 Å². The molecule has 0 fully saturated rings. The Kier molecular flexibility index (Phi) is 5.34. The number of ether oxygens (including phenoxy) is 1. The fourth-order valence-electron chi connectivity index (χ4n) is 0.571. The second-order valence-corrected chi connectivity index (χ2v) is 3.23. The Balaban J connectivity index is 3.92. The van der Waals surface area contributed by atoms with Gasteiger partial charge in [-0.3, -0.25) is 0 Å². The molecule has 0 atom stereocenters. The first-order valence-electron chi connectivity index (χ1n) is 4.09. The molecule has 0 aliphatic heterocycles. The lowest BCUT2D eigenvalue weighted by Crippen LogP contribution is -2.32. The van der Waals surface area contributed by atoms with E-state index in [0.29, 0.717) is 0 Å². The molecule has 0 radical (unpaired) electrons. The first-order valence-corrected chi connectivity index (χ1v) is 4.09. The van der Waals surface area contributed by atoms with Gasteiger partial charge in [-0.25, -0.2) is 4.79 Å². The SMILES string of the molecule is C/C=C\C(=O)OCC(C)(CO)CO. The summed E-state index contributed by atoms with van der Waals surface area (Å²) in [6.07, 6.45) is 2.85. The van der Waals surface area contributed by atoms with Crippen LogP contribution in [0.5, 0.6) is 0 Å². The van der Waals surface area contributed by atoms with Crippen LogP contribution in [0.1, 0.15) is 13.8 Å². The van der Waals surface area contributed by atoms with Crippen LogP contribution in [0.2, 0.25) is 0 Å². The van der Waals surface area contributed by atoms with Gasteiger partial charge in [0, 0.05) is 11.5 Å². The van der Waals surface area contributed by atoms with Crippen LogP contribution in [-0.2, 0) is 9.53 Å². The Morgan fingerprint density at radius 2 is 2.00 bits per heavy atom. The number of esters is 1. The van der Waals surface area contributed by atoms with E-state index in [1.54, 1.807) is 19.9 Å². The minimum absolute atomic E-state index is 0.0170. The summed E-state index contributed by atoms with van der Waals surface area (Å²) in [5, 5.41) is 17.7. The molecule has 4 heteroatoms. The van der Waals surface area contributed by atoms with E-state index in [1.165, 1.54) is 6.08 Å². The van der Waals surface area contributed by atoms with E-state index in [-0.39, 0.29) is 19.8 Å². The molecule has 0 heterocycles. The van der Waals surface area contributed by atoms with Crippen molar-refractivity contribution in [3.8, 4) is 0 Å². The zero-order chi connectivity index (χ0) is 10.3. The lowest BCUT2D eigenvalue weighted by molar-refractivity contribution is -0.143. The maximum absolute atomic E-state index is 10.8. The van der Waals surface area contributed by atoms with E-state index in [9.17, 15) is 4.79 Å². The number of hydrogen-bond acceptors (Lipinski definition) is 4. The van der Waals surface area contributed by atoms with Crippen molar-refractivity contribution in [3.05, 3.63) is 12.2 Å². The second kappa shape index (κ2) is 5.72. The fourth-order valence-corrected chi connectivity index (χ4v) is 0.571. The fraction of sp³-hybridized carbons (Fsp3) is 0.667. The van der Waals surface area contributed by atoms with Crippen LogP contribution in [0.4, 0.5) is 0 Å². The van der Waals surface area contributed by atoms with Crippen molar-refractivity contribution in [2.45, 2.75) is 13.8 Å². The third kappa shape index (κ3) is 4.65. The summed E-state index contributed by atoms with van der Waals surface area (Å²) in [6.45, 7) is 2.93. The van der Waals surface area contributed by atoms with Crippen molar-refractivity contribution in [1.82, 2.24) is 0 Å². The zero-order valence-electron chi connectivity index (χ0n) is 7.99. The summed E-state index contributed by atoms with van der Waals surface area (Å²) in [6, 6.07) is 0. The smallest absolute Gasteiger partial charge is 0.330 e. The number of carbonyl (C=O) groups is 1.